The van der Waals surface area contributed by atoms with Gasteiger partial charge >= 0.3 is 0 Å². The Kier molecular flexibility index (Phi) is 34.9. The molecule has 0 aliphatic heterocycles. The summed E-state index contributed by atoms with van der Waals surface area (Å²) in [6.07, 6.45) is 29.6. The van der Waals surface area contributed by atoms with Gasteiger partial charge in [0.25, 0.3) is 0 Å². The van der Waals surface area contributed by atoms with Crippen molar-refractivity contribution < 1.29 is 58.6 Å². The van der Waals surface area contributed by atoms with Crippen LogP contribution in [0.3, 0.4) is 0 Å². The lowest BCUT2D eigenvalue weighted by Crippen LogP contribution is -2.24. The van der Waals surface area contributed by atoms with Crippen molar-refractivity contribution in [2.24, 2.45) is 23.7 Å². The van der Waals surface area contributed by atoms with Crippen molar-refractivity contribution in [3.8, 4) is 68.2 Å². The molecule has 0 spiro atoms. The Balaban J connectivity index is 0.000000460. The monoisotopic (exact) mass is 1220 g/mol. The zero-order valence-electron chi connectivity index (χ0n) is 54.7. The number of phenolic OH excluding ortho intramolecular Hbond substituents is 4. The predicted octanol–water partition coefficient (Wildman–Crippen LogP) is 15.1. The number of carbonyl (C=O) groups is 4. The first-order valence-corrected chi connectivity index (χ1v) is 31.5. The Morgan fingerprint density at radius 3 is 0.989 bits per heavy atom. The maximum absolute atomic E-state index is 12.7. The number of phenols is 4. The lowest BCUT2D eigenvalue weighted by molar-refractivity contribution is -0.122. The molecular weight excluding hydrogens is 1110 g/mol. The lowest BCUT2D eigenvalue weighted by Gasteiger charge is -2.21. The highest BCUT2D eigenvalue weighted by Crippen LogP contribution is 2.49. The van der Waals surface area contributed by atoms with Gasteiger partial charge in [0, 0.05) is 74.1 Å². The molecule has 0 bridgehead atoms. The number of aromatic hydroxyl groups is 4. The van der Waals surface area contributed by atoms with Crippen LogP contribution in [0.25, 0.3) is 22.3 Å². The molecule has 484 valence electrons. The van der Waals surface area contributed by atoms with Gasteiger partial charge in [0.2, 0.25) is 23.6 Å². The number of allylic oxidation sites excluding steroid dienone is 8. The summed E-state index contributed by atoms with van der Waals surface area (Å²) in [6, 6.07) is 13.1. The summed E-state index contributed by atoms with van der Waals surface area (Å²) in [5.41, 5.74) is 4.43. The second-order valence-corrected chi connectivity index (χ2v) is 23.4. The third kappa shape index (κ3) is 27.0. The zero-order chi connectivity index (χ0) is 65.0. The van der Waals surface area contributed by atoms with Crippen molar-refractivity contribution >= 4 is 23.6 Å². The molecular formula is C72H104N4O12. The Bertz CT molecular complexity index is 2820. The van der Waals surface area contributed by atoms with Crippen LogP contribution in [0.15, 0.2) is 97.1 Å². The van der Waals surface area contributed by atoms with Crippen LogP contribution >= 0.6 is 0 Å². The molecule has 0 unspecified atom stereocenters. The van der Waals surface area contributed by atoms with E-state index in [0.29, 0.717) is 93.9 Å². The normalized spacial score (nSPS) is 11.5. The molecule has 0 saturated carbocycles. The van der Waals surface area contributed by atoms with E-state index in [4.69, 9.17) is 18.9 Å². The molecule has 88 heavy (non-hydrogen) atoms. The van der Waals surface area contributed by atoms with E-state index in [1.165, 1.54) is 46.6 Å². The highest BCUT2D eigenvalue weighted by atomic mass is 16.5. The number of benzene rings is 4. The summed E-state index contributed by atoms with van der Waals surface area (Å²) >= 11 is 0. The van der Waals surface area contributed by atoms with Crippen molar-refractivity contribution in [2.45, 2.75) is 184 Å². The first kappa shape index (κ1) is 74.4. The standard InChI is InChI=1S/2C36H52N2O6/c1-25(2)15-11-7-9-13-17-31(41)37-23-27-19-21-29(39)35(43-5)33(27)34-28(20-22-30(40)36(34)44-6)24-38-32(42)18-14-10-8-12-16-26(3)4;1-25(2)15-11-7-9-13-17-32(40)37-23-27-21-29(35(42)31(22-27)43-5)34-28(19-20-30(39)36(34)44-6)24-38-33(41)18-14-10-8-12-16-26(3)4/h11-12,15-16,19-22,25-26,39-40H,7-10,13-14,17-18,23-24H2,1-6H3,(H,37,41)(H,38,42);11-12,15-16,19-22,25-26,39,42H,7-10,13-14,17-18,23-24H2,1-6H3,(H,37,40)(H,38,41)/b2*15-11+,16-12+. The first-order valence-electron chi connectivity index (χ1n) is 31.5. The molecule has 0 aliphatic rings. The highest BCUT2D eigenvalue weighted by Gasteiger charge is 2.26. The summed E-state index contributed by atoms with van der Waals surface area (Å²) in [7, 11) is 5.78. The number of hydrogen-bond acceptors (Lipinski definition) is 12. The van der Waals surface area contributed by atoms with Gasteiger partial charge in [-0.2, -0.15) is 0 Å². The maximum atomic E-state index is 12.7. The molecule has 0 saturated heterocycles. The van der Waals surface area contributed by atoms with Gasteiger partial charge in [0.05, 0.1) is 28.4 Å². The molecule has 16 nitrogen and oxygen atoms in total. The summed E-state index contributed by atoms with van der Waals surface area (Å²) in [5, 5.41) is 55.1. The Morgan fingerprint density at radius 2 is 0.693 bits per heavy atom. The molecule has 4 aromatic rings. The fourth-order valence-corrected chi connectivity index (χ4v) is 9.66. The van der Waals surface area contributed by atoms with Crippen LogP contribution in [0.2, 0.25) is 0 Å². The number of amides is 4. The van der Waals surface area contributed by atoms with Gasteiger partial charge in [-0.05, 0) is 153 Å². The minimum absolute atomic E-state index is 0.0549. The summed E-state index contributed by atoms with van der Waals surface area (Å²) in [4.78, 5) is 50.6. The molecule has 4 amide bonds. The highest BCUT2D eigenvalue weighted by molar-refractivity contribution is 5.87. The van der Waals surface area contributed by atoms with Gasteiger partial charge < -0.3 is 60.6 Å². The van der Waals surface area contributed by atoms with Gasteiger partial charge in [-0.1, -0.05) is 122 Å². The Labute approximate surface area is 525 Å². The molecule has 16 heteroatoms. The predicted molar refractivity (Wildman–Crippen MR) is 354 cm³/mol. The van der Waals surface area contributed by atoms with E-state index >= 15 is 0 Å². The van der Waals surface area contributed by atoms with E-state index in [0.717, 1.165) is 77.0 Å². The molecule has 4 rings (SSSR count). The van der Waals surface area contributed by atoms with Gasteiger partial charge in [0.1, 0.15) is 0 Å². The largest absolute Gasteiger partial charge is 0.504 e. The molecule has 0 fully saturated rings. The Morgan fingerprint density at radius 1 is 0.398 bits per heavy atom. The molecule has 0 atom stereocenters. The van der Waals surface area contributed by atoms with E-state index in [2.05, 4.69) is 125 Å². The van der Waals surface area contributed by atoms with Crippen LogP contribution in [0.1, 0.15) is 180 Å². The van der Waals surface area contributed by atoms with Crippen molar-refractivity contribution in [1.29, 1.82) is 0 Å². The number of unbranched alkanes of at least 4 members (excludes halogenated alkanes) is 8. The van der Waals surface area contributed by atoms with E-state index in [-0.39, 0.29) is 95.8 Å². The topological polar surface area (TPSA) is 234 Å². The van der Waals surface area contributed by atoms with Crippen molar-refractivity contribution in [1.82, 2.24) is 21.3 Å². The quantitative estimate of drug-likeness (QED) is 0.0155. The minimum Gasteiger partial charge on any atom is -0.504 e. The lowest BCUT2D eigenvalue weighted by atomic mass is 9.92. The van der Waals surface area contributed by atoms with Crippen LogP contribution in [-0.4, -0.2) is 72.5 Å². The zero-order valence-corrected chi connectivity index (χ0v) is 54.7. The van der Waals surface area contributed by atoms with Gasteiger partial charge in [-0.25, -0.2) is 0 Å². The number of hydrogen-bond donors (Lipinski definition) is 8. The number of carbonyl (C=O) groups excluding carboxylic acids is 4. The fourth-order valence-electron chi connectivity index (χ4n) is 9.66. The van der Waals surface area contributed by atoms with Crippen LogP contribution in [0.5, 0.6) is 46.0 Å². The number of rotatable bonds is 38. The van der Waals surface area contributed by atoms with E-state index in [1.807, 2.05) is 0 Å². The van der Waals surface area contributed by atoms with Crippen LogP contribution in [-0.2, 0) is 45.4 Å². The van der Waals surface area contributed by atoms with Crippen LogP contribution in [0.4, 0.5) is 0 Å². The third-order valence-corrected chi connectivity index (χ3v) is 14.3. The summed E-state index contributed by atoms with van der Waals surface area (Å²) in [5.74, 6) is 2.10. The van der Waals surface area contributed by atoms with Crippen LogP contribution < -0.4 is 40.2 Å². The smallest absolute Gasteiger partial charge is 0.220 e. The van der Waals surface area contributed by atoms with Gasteiger partial charge in [0.15, 0.2) is 46.0 Å². The van der Waals surface area contributed by atoms with Gasteiger partial charge in [-0.15, -0.1) is 0 Å². The van der Waals surface area contributed by atoms with Gasteiger partial charge in [-0.3, -0.25) is 19.2 Å². The number of methoxy groups -OCH3 is 4. The second kappa shape index (κ2) is 41.3. The number of nitrogens with one attached hydrogen (secondary N) is 4. The third-order valence-electron chi connectivity index (χ3n) is 14.3. The first-order chi connectivity index (χ1) is 42.1. The average molecular weight is 1220 g/mol. The fraction of sp³-hybridized carbons (Fsp3) is 0.500. The minimum atomic E-state index is -0.136. The van der Waals surface area contributed by atoms with Crippen molar-refractivity contribution in [2.75, 3.05) is 28.4 Å². The van der Waals surface area contributed by atoms with Crippen molar-refractivity contribution in [3.05, 3.63) is 119 Å². The van der Waals surface area contributed by atoms with E-state index in [1.54, 1.807) is 30.3 Å². The van der Waals surface area contributed by atoms with Crippen LogP contribution in [0, 0.1) is 23.7 Å². The molecule has 0 aromatic heterocycles. The second-order valence-electron chi connectivity index (χ2n) is 23.4. The molecule has 4 aromatic carbocycles. The number of ether oxygens (including phenoxy) is 4. The van der Waals surface area contributed by atoms with Crippen molar-refractivity contribution in [3.63, 3.8) is 0 Å². The summed E-state index contributed by atoms with van der Waals surface area (Å²) < 4.78 is 22.2. The molecule has 0 aliphatic carbocycles. The maximum Gasteiger partial charge on any atom is 0.220 e. The van der Waals surface area contributed by atoms with E-state index in [9.17, 15) is 39.6 Å². The molecule has 0 radical (unpaired) electrons. The Hall–Kier alpha value is -7.88. The molecule has 0 heterocycles. The average Bonchev–Trinajstić information content (AvgIpc) is 0.841. The summed E-state index contributed by atoms with van der Waals surface area (Å²) in [6.45, 7) is 17.8. The SMILES string of the molecule is COc1c(O)ccc(CNC(=O)CCCC/C=C/C(C)C)c1-c1c(CNC(=O)CCCC/C=C/C(C)C)ccc(O)c1OC.COc1cc(CNC(=O)CCCC/C=C/C(C)C)cc(-c2c(CNC(=O)CCCC/C=C/C(C)C)ccc(O)c2OC)c1O. The van der Waals surface area contributed by atoms with E-state index < -0.39 is 0 Å². The molecule has 8 N–H and O–H groups in total.